The predicted molar refractivity (Wildman–Crippen MR) is 87.2 cm³/mol. The van der Waals surface area contributed by atoms with Crippen molar-refractivity contribution in [1.82, 2.24) is 24.7 Å². The molecule has 24 heavy (non-hydrogen) atoms. The van der Waals surface area contributed by atoms with Crippen molar-refractivity contribution in [3.05, 3.63) is 46.6 Å². The Hall–Kier alpha value is -3.16. The van der Waals surface area contributed by atoms with Crippen LogP contribution in [0, 0.1) is 0 Å². The molecule has 3 heterocycles. The van der Waals surface area contributed by atoms with Gasteiger partial charge in [0.1, 0.15) is 23.3 Å². The Balaban J connectivity index is 1.82. The van der Waals surface area contributed by atoms with Gasteiger partial charge in [0, 0.05) is 17.3 Å². The molecule has 0 atom stereocenters. The van der Waals surface area contributed by atoms with Gasteiger partial charge in [-0.05, 0) is 18.2 Å². The maximum absolute atomic E-state index is 12.7. The second-order valence-corrected chi connectivity index (χ2v) is 5.40. The molecule has 8 heteroatoms. The number of aromatic nitrogens is 5. The van der Waals surface area contributed by atoms with Crippen LogP contribution in [0.4, 0.5) is 0 Å². The molecule has 0 fully saturated rings. The fourth-order valence-corrected chi connectivity index (χ4v) is 2.65. The van der Waals surface area contributed by atoms with Gasteiger partial charge in [-0.25, -0.2) is 4.98 Å². The second-order valence-electron chi connectivity index (χ2n) is 5.40. The first-order valence-electron chi connectivity index (χ1n) is 7.56. The van der Waals surface area contributed by atoms with E-state index in [0.717, 1.165) is 10.9 Å². The van der Waals surface area contributed by atoms with E-state index in [1.54, 1.807) is 7.11 Å². The van der Waals surface area contributed by atoms with Crippen LogP contribution in [0.1, 0.15) is 18.6 Å². The van der Waals surface area contributed by atoms with Gasteiger partial charge in [0.2, 0.25) is 5.89 Å². The summed E-state index contributed by atoms with van der Waals surface area (Å²) in [7, 11) is 1.60. The van der Waals surface area contributed by atoms with Gasteiger partial charge in [0.05, 0.1) is 13.4 Å². The first kappa shape index (κ1) is 14.4. The van der Waals surface area contributed by atoms with Gasteiger partial charge in [0.15, 0.2) is 5.82 Å². The lowest BCUT2D eigenvalue weighted by atomic mass is 10.2. The highest BCUT2D eigenvalue weighted by atomic mass is 16.5. The Bertz CT molecular complexity index is 1090. The van der Waals surface area contributed by atoms with Crippen molar-refractivity contribution in [1.29, 1.82) is 0 Å². The maximum atomic E-state index is 12.7. The number of benzene rings is 1. The lowest BCUT2D eigenvalue weighted by Gasteiger charge is -2.01. The number of aromatic amines is 1. The van der Waals surface area contributed by atoms with E-state index in [2.05, 4.69) is 20.1 Å². The summed E-state index contributed by atoms with van der Waals surface area (Å²) in [6.07, 6.45) is 2.17. The van der Waals surface area contributed by atoms with Crippen molar-refractivity contribution in [2.75, 3.05) is 7.11 Å². The summed E-state index contributed by atoms with van der Waals surface area (Å²) < 4.78 is 11.8. The topological polar surface area (TPSA) is 98.8 Å². The summed E-state index contributed by atoms with van der Waals surface area (Å²) in [5, 5.41) is 4.68. The second kappa shape index (κ2) is 5.48. The van der Waals surface area contributed by atoms with Crippen molar-refractivity contribution in [3.8, 4) is 5.75 Å². The molecule has 0 radical (unpaired) electrons. The van der Waals surface area contributed by atoms with Crippen LogP contribution in [-0.2, 0) is 13.0 Å². The van der Waals surface area contributed by atoms with E-state index in [9.17, 15) is 4.79 Å². The molecule has 4 rings (SSSR count). The van der Waals surface area contributed by atoms with Crippen molar-refractivity contribution in [2.24, 2.45) is 0 Å². The van der Waals surface area contributed by atoms with Gasteiger partial charge >= 0.3 is 0 Å². The largest absolute Gasteiger partial charge is 0.497 e. The average Bonchev–Trinajstić information content (AvgIpc) is 3.21. The number of nitrogens with one attached hydrogen (secondary N) is 1. The molecule has 0 aliphatic carbocycles. The van der Waals surface area contributed by atoms with Crippen LogP contribution >= 0.6 is 0 Å². The highest BCUT2D eigenvalue weighted by molar-refractivity contribution is 6.04. The number of methoxy groups -OCH3 is 1. The quantitative estimate of drug-likeness (QED) is 0.615. The molecule has 1 aromatic carbocycles. The molecule has 8 nitrogen and oxygen atoms in total. The molecule has 122 valence electrons. The van der Waals surface area contributed by atoms with Crippen LogP contribution in [0.25, 0.3) is 21.9 Å². The molecule has 1 N–H and O–H groups in total. The zero-order valence-corrected chi connectivity index (χ0v) is 13.2. The molecule has 3 aromatic heterocycles. The Morgan fingerprint density at radius 1 is 1.38 bits per heavy atom. The van der Waals surface area contributed by atoms with E-state index in [1.165, 1.54) is 10.9 Å². The van der Waals surface area contributed by atoms with Gasteiger partial charge in [-0.3, -0.25) is 9.36 Å². The Labute approximate surface area is 136 Å². The van der Waals surface area contributed by atoms with Crippen LogP contribution < -0.4 is 10.3 Å². The lowest BCUT2D eigenvalue weighted by Crippen LogP contribution is -2.21. The Morgan fingerprint density at radius 3 is 3.00 bits per heavy atom. The maximum Gasteiger partial charge on any atom is 0.278 e. The SMILES string of the molecule is CCc1noc(Cn2cnc3c([nH]c4ccc(OC)cc43)c2=O)n1. The summed E-state index contributed by atoms with van der Waals surface area (Å²) in [5.41, 5.74) is 1.70. The summed E-state index contributed by atoms with van der Waals surface area (Å²) in [4.78, 5) is 24.5. The Morgan fingerprint density at radius 2 is 2.25 bits per heavy atom. The molecule has 4 aromatic rings. The number of hydrogen-bond donors (Lipinski definition) is 1. The highest BCUT2D eigenvalue weighted by Crippen LogP contribution is 2.25. The van der Waals surface area contributed by atoms with E-state index in [-0.39, 0.29) is 12.1 Å². The predicted octanol–water partition coefficient (Wildman–Crippen LogP) is 1.88. The molecule has 0 amide bonds. The number of aryl methyl sites for hydroxylation is 1. The third-order valence-electron chi connectivity index (χ3n) is 3.91. The smallest absolute Gasteiger partial charge is 0.278 e. The third kappa shape index (κ3) is 2.23. The van der Waals surface area contributed by atoms with Gasteiger partial charge in [-0.1, -0.05) is 12.1 Å². The minimum absolute atomic E-state index is 0.188. The molecular weight excluding hydrogens is 310 g/mol. The molecule has 0 bridgehead atoms. The molecule has 0 aliphatic heterocycles. The van der Waals surface area contributed by atoms with Crippen molar-refractivity contribution in [3.63, 3.8) is 0 Å². The van der Waals surface area contributed by atoms with Crippen LogP contribution in [0.5, 0.6) is 5.75 Å². The minimum Gasteiger partial charge on any atom is -0.497 e. The standard InChI is InChI=1S/C16H15N5O3/c1-3-12-19-13(24-20-12)7-21-8-17-14-10-6-9(23-2)4-5-11(10)18-15(14)16(21)22/h4-6,8,18H,3,7H2,1-2H3. The van der Waals surface area contributed by atoms with Crippen LogP contribution in [-0.4, -0.2) is 31.8 Å². The summed E-state index contributed by atoms with van der Waals surface area (Å²) in [5.74, 6) is 1.71. The number of H-pyrrole nitrogens is 1. The van der Waals surface area contributed by atoms with Crippen LogP contribution in [0.3, 0.4) is 0 Å². The zero-order chi connectivity index (χ0) is 16.7. The van der Waals surface area contributed by atoms with E-state index in [4.69, 9.17) is 9.26 Å². The number of rotatable bonds is 4. The monoisotopic (exact) mass is 325 g/mol. The third-order valence-corrected chi connectivity index (χ3v) is 3.91. The van der Waals surface area contributed by atoms with Gasteiger partial charge in [0.25, 0.3) is 5.56 Å². The normalized spacial score (nSPS) is 11.4. The number of hydrogen-bond acceptors (Lipinski definition) is 6. The first-order valence-corrected chi connectivity index (χ1v) is 7.56. The molecule has 0 spiro atoms. The minimum atomic E-state index is -0.189. The average molecular weight is 325 g/mol. The van der Waals surface area contributed by atoms with Crippen molar-refractivity contribution < 1.29 is 9.26 Å². The molecular formula is C16H15N5O3. The van der Waals surface area contributed by atoms with Gasteiger partial charge in [-0.15, -0.1) is 0 Å². The van der Waals surface area contributed by atoms with Gasteiger partial charge in [-0.2, -0.15) is 4.98 Å². The van der Waals surface area contributed by atoms with Crippen molar-refractivity contribution in [2.45, 2.75) is 19.9 Å². The van der Waals surface area contributed by atoms with Crippen molar-refractivity contribution >= 4 is 21.9 Å². The molecule has 0 unspecified atom stereocenters. The summed E-state index contributed by atoms with van der Waals surface area (Å²) in [6, 6.07) is 5.56. The molecule has 0 saturated carbocycles. The van der Waals surface area contributed by atoms with E-state index >= 15 is 0 Å². The van der Waals surface area contributed by atoms with E-state index in [0.29, 0.717) is 34.9 Å². The van der Waals surface area contributed by atoms with E-state index in [1.807, 2.05) is 25.1 Å². The number of ether oxygens (including phenoxy) is 1. The van der Waals surface area contributed by atoms with E-state index < -0.39 is 0 Å². The number of fused-ring (bicyclic) bond motifs is 3. The Kier molecular flexibility index (Phi) is 3.30. The summed E-state index contributed by atoms with van der Waals surface area (Å²) in [6.45, 7) is 2.13. The fourth-order valence-electron chi connectivity index (χ4n) is 2.65. The lowest BCUT2D eigenvalue weighted by molar-refractivity contribution is 0.365. The van der Waals surface area contributed by atoms with Gasteiger partial charge < -0.3 is 14.2 Å². The number of nitrogens with zero attached hydrogens (tertiary/aromatic N) is 4. The van der Waals surface area contributed by atoms with Crippen LogP contribution in [0.2, 0.25) is 0 Å². The molecule has 0 aliphatic rings. The first-order chi connectivity index (χ1) is 11.7. The zero-order valence-electron chi connectivity index (χ0n) is 13.2. The van der Waals surface area contributed by atoms with Crippen LogP contribution in [0.15, 0.2) is 33.8 Å². The summed E-state index contributed by atoms with van der Waals surface area (Å²) >= 11 is 0. The highest BCUT2D eigenvalue weighted by Gasteiger charge is 2.13. The fraction of sp³-hybridized carbons (Fsp3) is 0.250. The molecule has 0 saturated heterocycles.